The monoisotopic (exact) mass is 293 g/mol. The molecular formula is C14H16BrNO. The number of carbonyl (C=O) groups excluding carboxylic acids is 1. The number of allylic oxidation sites excluding steroid dienone is 2. The fourth-order valence-corrected chi connectivity index (χ4v) is 2.73. The SMILES string of the molecule is Cc1cc(Br)cc(NC(=O)CC2C=CCC2)c1. The summed E-state index contributed by atoms with van der Waals surface area (Å²) in [6, 6.07) is 5.93. The smallest absolute Gasteiger partial charge is 0.224 e. The second-order valence-electron chi connectivity index (χ2n) is 4.54. The molecule has 0 aromatic heterocycles. The van der Waals surface area contributed by atoms with E-state index in [1.165, 1.54) is 0 Å². The van der Waals surface area contributed by atoms with Crippen LogP contribution in [0.1, 0.15) is 24.8 Å². The first-order valence-electron chi connectivity index (χ1n) is 5.87. The van der Waals surface area contributed by atoms with Crippen molar-refractivity contribution in [2.75, 3.05) is 5.32 Å². The lowest BCUT2D eigenvalue weighted by Gasteiger charge is -2.09. The van der Waals surface area contributed by atoms with Crippen molar-refractivity contribution >= 4 is 27.5 Å². The lowest BCUT2D eigenvalue weighted by molar-refractivity contribution is -0.116. The Morgan fingerprint density at radius 1 is 1.47 bits per heavy atom. The van der Waals surface area contributed by atoms with E-state index in [2.05, 4.69) is 33.4 Å². The third-order valence-corrected chi connectivity index (χ3v) is 3.34. The molecule has 1 aliphatic carbocycles. The van der Waals surface area contributed by atoms with Crippen molar-refractivity contribution in [3.63, 3.8) is 0 Å². The van der Waals surface area contributed by atoms with Gasteiger partial charge in [0.2, 0.25) is 5.91 Å². The molecule has 1 N–H and O–H groups in total. The molecule has 1 unspecified atom stereocenters. The Bertz CT molecular complexity index is 433. The molecule has 1 aromatic carbocycles. The van der Waals surface area contributed by atoms with Gasteiger partial charge < -0.3 is 5.32 Å². The van der Waals surface area contributed by atoms with Gasteiger partial charge in [-0.05, 0) is 49.4 Å². The topological polar surface area (TPSA) is 29.1 Å². The molecular weight excluding hydrogens is 278 g/mol. The molecule has 0 aliphatic heterocycles. The maximum absolute atomic E-state index is 11.8. The summed E-state index contributed by atoms with van der Waals surface area (Å²) in [5, 5.41) is 2.95. The summed E-state index contributed by atoms with van der Waals surface area (Å²) < 4.78 is 0.994. The van der Waals surface area contributed by atoms with E-state index in [9.17, 15) is 4.79 Å². The van der Waals surface area contributed by atoms with Crippen LogP contribution in [0, 0.1) is 12.8 Å². The first-order valence-corrected chi connectivity index (χ1v) is 6.66. The summed E-state index contributed by atoms with van der Waals surface area (Å²) in [4.78, 5) is 11.8. The van der Waals surface area contributed by atoms with Crippen LogP contribution >= 0.6 is 15.9 Å². The molecule has 1 aromatic rings. The number of carbonyl (C=O) groups is 1. The van der Waals surface area contributed by atoms with E-state index in [0.717, 1.165) is 28.6 Å². The fourth-order valence-electron chi connectivity index (χ4n) is 2.12. The molecule has 0 spiro atoms. The molecule has 1 amide bonds. The minimum Gasteiger partial charge on any atom is -0.326 e. The number of hydrogen-bond acceptors (Lipinski definition) is 1. The van der Waals surface area contributed by atoms with Gasteiger partial charge in [-0.25, -0.2) is 0 Å². The molecule has 2 nitrogen and oxygen atoms in total. The summed E-state index contributed by atoms with van der Waals surface area (Å²) in [5.74, 6) is 0.516. The van der Waals surface area contributed by atoms with Crippen LogP contribution in [0.4, 0.5) is 5.69 Å². The molecule has 0 saturated carbocycles. The molecule has 0 radical (unpaired) electrons. The molecule has 1 atom stereocenters. The van der Waals surface area contributed by atoms with Crippen molar-refractivity contribution in [1.82, 2.24) is 0 Å². The minimum absolute atomic E-state index is 0.0963. The summed E-state index contributed by atoms with van der Waals surface area (Å²) in [6.45, 7) is 2.01. The van der Waals surface area contributed by atoms with Crippen LogP contribution in [0.25, 0.3) is 0 Å². The van der Waals surface area contributed by atoms with Crippen LogP contribution in [0.3, 0.4) is 0 Å². The predicted molar refractivity (Wildman–Crippen MR) is 74.0 cm³/mol. The highest BCUT2D eigenvalue weighted by molar-refractivity contribution is 9.10. The van der Waals surface area contributed by atoms with Gasteiger partial charge in [-0.1, -0.05) is 28.1 Å². The van der Waals surface area contributed by atoms with Gasteiger partial charge in [-0.2, -0.15) is 0 Å². The van der Waals surface area contributed by atoms with E-state index >= 15 is 0 Å². The normalized spacial score (nSPS) is 18.4. The number of hydrogen-bond donors (Lipinski definition) is 1. The third-order valence-electron chi connectivity index (χ3n) is 2.89. The van der Waals surface area contributed by atoms with Gasteiger partial charge in [0.1, 0.15) is 0 Å². The van der Waals surface area contributed by atoms with Crippen molar-refractivity contribution in [3.8, 4) is 0 Å². The molecule has 3 heteroatoms. The molecule has 2 rings (SSSR count). The summed E-state index contributed by atoms with van der Waals surface area (Å²) in [5.41, 5.74) is 2.00. The lowest BCUT2D eigenvalue weighted by Crippen LogP contribution is -2.14. The molecule has 17 heavy (non-hydrogen) atoms. The van der Waals surface area contributed by atoms with Crippen LogP contribution < -0.4 is 5.32 Å². The van der Waals surface area contributed by atoms with Crippen molar-refractivity contribution in [2.24, 2.45) is 5.92 Å². The molecule has 0 saturated heterocycles. The van der Waals surface area contributed by atoms with Gasteiger partial charge in [0.25, 0.3) is 0 Å². The maximum atomic E-state index is 11.8. The van der Waals surface area contributed by atoms with Crippen molar-refractivity contribution in [2.45, 2.75) is 26.2 Å². The van der Waals surface area contributed by atoms with E-state index in [1.807, 2.05) is 25.1 Å². The first kappa shape index (κ1) is 12.4. The van der Waals surface area contributed by atoms with Gasteiger partial charge in [-0.3, -0.25) is 4.79 Å². The Balaban J connectivity index is 1.95. The number of aryl methyl sites for hydroxylation is 1. The number of anilines is 1. The van der Waals surface area contributed by atoms with E-state index in [0.29, 0.717) is 12.3 Å². The Morgan fingerprint density at radius 2 is 2.29 bits per heavy atom. The van der Waals surface area contributed by atoms with Crippen LogP contribution in [-0.4, -0.2) is 5.91 Å². The number of nitrogens with one attached hydrogen (secondary N) is 1. The second kappa shape index (κ2) is 5.50. The Hall–Kier alpha value is -1.09. The van der Waals surface area contributed by atoms with E-state index in [1.54, 1.807) is 0 Å². The molecule has 90 valence electrons. The Morgan fingerprint density at radius 3 is 2.94 bits per heavy atom. The van der Waals surface area contributed by atoms with Crippen LogP contribution in [0.15, 0.2) is 34.8 Å². The summed E-state index contributed by atoms with van der Waals surface area (Å²) >= 11 is 3.43. The average molecular weight is 294 g/mol. The number of benzene rings is 1. The summed E-state index contributed by atoms with van der Waals surface area (Å²) in [7, 11) is 0. The lowest BCUT2D eigenvalue weighted by atomic mass is 10.0. The van der Waals surface area contributed by atoms with E-state index < -0.39 is 0 Å². The van der Waals surface area contributed by atoms with Crippen molar-refractivity contribution < 1.29 is 4.79 Å². The standard InChI is InChI=1S/C14H16BrNO/c1-10-6-12(15)9-13(7-10)16-14(17)8-11-4-2-3-5-11/h2,4,6-7,9,11H,3,5,8H2,1H3,(H,16,17). The fraction of sp³-hybridized carbons (Fsp3) is 0.357. The Kier molecular flexibility index (Phi) is 4.00. The quantitative estimate of drug-likeness (QED) is 0.837. The van der Waals surface area contributed by atoms with E-state index in [4.69, 9.17) is 0 Å². The van der Waals surface area contributed by atoms with Gasteiger partial charge >= 0.3 is 0 Å². The van der Waals surface area contributed by atoms with Gasteiger partial charge in [0.15, 0.2) is 0 Å². The molecule has 0 bridgehead atoms. The molecule has 0 fully saturated rings. The highest BCUT2D eigenvalue weighted by Gasteiger charge is 2.14. The van der Waals surface area contributed by atoms with Crippen LogP contribution in [0.2, 0.25) is 0 Å². The van der Waals surface area contributed by atoms with Gasteiger partial charge in [0, 0.05) is 16.6 Å². The zero-order chi connectivity index (χ0) is 12.3. The van der Waals surface area contributed by atoms with Crippen LogP contribution in [-0.2, 0) is 4.79 Å². The van der Waals surface area contributed by atoms with Gasteiger partial charge in [-0.15, -0.1) is 0 Å². The predicted octanol–water partition coefficient (Wildman–Crippen LogP) is 4.05. The second-order valence-corrected chi connectivity index (χ2v) is 5.45. The molecule has 0 heterocycles. The highest BCUT2D eigenvalue weighted by Crippen LogP contribution is 2.22. The van der Waals surface area contributed by atoms with Gasteiger partial charge in [0.05, 0.1) is 0 Å². The molecule has 1 aliphatic rings. The Labute approximate surface area is 110 Å². The zero-order valence-corrected chi connectivity index (χ0v) is 11.5. The van der Waals surface area contributed by atoms with Crippen LogP contribution in [0.5, 0.6) is 0 Å². The maximum Gasteiger partial charge on any atom is 0.224 e. The zero-order valence-electron chi connectivity index (χ0n) is 9.87. The largest absolute Gasteiger partial charge is 0.326 e. The number of rotatable bonds is 3. The summed E-state index contributed by atoms with van der Waals surface area (Å²) in [6.07, 6.45) is 7.09. The average Bonchev–Trinajstić information content (AvgIpc) is 2.67. The van der Waals surface area contributed by atoms with E-state index in [-0.39, 0.29) is 5.91 Å². The highest BCUT2D eigenvalue weighted by atomic mass is 79.9. The van der Waals surface area contributed by atoms with Crippen molar-refractivity contribution in [1.29, 1.82) is 0 Å². The first-order chi connectivity index (χ1) is 8.13. The number of halogens is 1. The third kappa shape index (κ3) is 3.70. The van der Waals surface area contributed by atoms with Crippen molar-refractivity contribution in [3.05, 3.63) is 40.4 Å². The number of amides is 1. The minimum atomic E-state index is 0.0963.